The van der Waals surface area contributed by atoms with Crippen LogP contribution in [0.25, 0.3) is 0 Å². The zero-order valence-corrected chi connectivity index (χ0v) is 18.1. The van der Waals surface area contributed by atoms with Gasteiger partial charge in [-0.3, -0.25) is 4.79 Å². The molecule has 0 atom stereocenters. The summed E-state index contributed by atoms with van der Waals surface area (Å²) >= 11 is 6.46. The molecule has 0 aliphatic carbocycles. The van der Waals surface area contributed by atoms with E-state index >= 15 is 0 Å². The second-order valence-electron chi connectivity index (χ2n) is 7.28. The van der Waals surface area contributed by atoms with Gasteiger partial charge in [0, 0.05) is 24.2 Å². The lowest BCUT2D eigenvalue weighted by Crippen LogP contribution is -2.37. The van der Waals surface area contributed by atoms with Crippen LogP contribution in [0.2, 0.25) is 5.02 Å². The fourth-order valence-corrected chi connectivity index (χ4v) is 3.86. The van der Waals surface area contributed by atoms with E-state index in [-0.39, 0.29) is 12.5 Å². The molecular weight excluding hydrogens is 426 g/mol. The van der Waals surface area contributed by atoms with Gasteiger partial charge in [0.15, 0.2) is 0 Å². The molecule has 1 N–H and O–H groups in total. The quantitative estimate of drug-likeness (QED) is 0.583. The third-order valence-electron chi connectivity index (χ3n) is 5.19. The van der Waals surface area contributed by atoms with Crippen molar-refractivity contribution in [3.63, 3.8) is 0 Å². The molecule has 162 valence electrons. The van der Waals surface area contributed by atoms with Crippen molar-refractivity contribution in [2.75, 3.05) is 36.5 Å². The van der Waals surface area contributed by atoms with Crippen LogP contribution in [-0.2, 0) is 11.3 Å². The second kappa shape index (κ2) is 10.2. The lowest BCUT2D eigenvalue weighted by molar-refractivity contribution is 0.102. The maximum absolute atomic E-state index is 13.0. The molecule has 0 bridgehead atoms. The minimum absolute atomic E-state index is 0.240. The van der Waals surface area contributed by atoms with Crippen LogP contribution in [0.15, 0.2) is 66.7 Å². The monoisotopic (exact) mass is 447 g/mol. The molecule has 4 rings (SSSR count). The fraction of sp³-hybridized carbons (Fsp3) is 0.200. The van der Waals surface area contributed by atoms with E-state index in [1.165, 1.54) is 0 Å². The summed E-state index contributed by atoms with van der Waals surface area (Å²) in [6.45, 7) is 2.89. The fourth-order valence-electron chi connectivity index (χ4n) is 3.56. The standard InChI is InChI=1S/C25H22ClN3O3/c26-22-9-4-10-23(24(22)29-11-13-31-14-12-29)28-25(30)18-7-3-8-21(15-18)32-17-20-6-2-1-5-19(20)16-27/h1-10,15H,11-14,17H2,(H,28,30). The highest BCUT2D eigenvalue weighted by molar-refractivity contribution is 6.34. The first-order valence-corrected chi connectivity index (χ1v) is 10.7. The molecule has 3 aromatic rings. The molecular formula is C25H22ClN3O3. The van der Waals surface area contributed by atoms with E-state index in [4.69, 9.17) is 21.1 Å². The SMILES string of the molecule is N#Cc1ccccc1COc1cccc(C(=O)Nc2cccc(Cl)c2N2CCOCC2)c1. The van der Waals surface area contributed by atoms with Crippen LogP contribution in [-0.4, -0.2) is 32.2 Å². The predicted octanol–water partition coefficient (Wildman–Crippen LogP) is 4.88. The van der Waals surface area contributed by atoms with E-state index in [0.717, 1.165) is 11.3 Å². The van der Waals surface area contributed by atoms with E-state index in [9.17, 15) is 10.1 Å². The first kappa shape index (κ1) is 21.7. The van der Waals surface area contributed by atoms with Crippen molar-refractivity contribution in [2.24, 2.45) is 0 Å². The van der Waals surface area contributed by atoms with Gasteiger partial charge < -0.3 is 19.7 Å². The van der Waals surface area contributed by atoms with Gasteiger partial charge in [-0.05, 0) is 36.4 Å². The summed E-state index contributed by atoms with van der Waals surface area (Å²) in [5, 5.41) is 12.8. The molecule has 32 heavy (non-hydrogen) atoms. The number of benzene rings is 3. The molecule has 3 aromatic carbocycles. The van der Waals surface area contributed by atoms with Gasteiger partial charge in [0.25, 0.3) is 5.91 Å². The van der Waals surface area contributed by atoms with Crippen molar-refractivity contribution in [1.29, 1.82) is 5.26 Å². The minimum Gasteiger partial charge on any atom is -0.489 e. The summed E-state index contributed by atoms with van der Waals surface area (Å²) in [5.41, 5.74) is 3.27. The number of nitrogens with one attached hydrogen (secondary N) is 1. The molecule has 1 fully saturated rings. The summed E-state index contributed by atoms with van der Waals surface area (Å²) in [4.78, 5) is 15.1. The molecule has 1 saturated heterocycles. The van der Waals surface area contributed by atoms with Crippen LogP contribution in [0.5, 0.6) is 5.75 Å². The highest BCUT2D eigenvalue weighted by Gasteiger charge is 2.19. The smallest absolute Gasteiger partial charge is 0.255 e. The average molecular weight is 448 g/mol. The van der Waals surface area contributed by atoms with Crippen molar-refractivity contribution in [1.82, 2.24) is 0 Å². The number of anilines is 2. The molecule has 0 spiro atoms. The lowest BCUT2D eigenvalue weighted by Gasteiger charge is -2.31. The van der Waals surface area contributed by atoms with Gasteiger partial charge in [-0.1, -0.05) is 41.9 Å². The zero-order chi connectivity index (χ0) is 22.3. The summed E-state index contributed by atoms with van der Waals surface area (Å²) in [5.74, 6) is 0.287. The topological polar surface area (TPSA) is 74.6 Å². The lowest BCUT2D eigenvalue weighted by atomic mass is 10.1. The Morgan fingerprint density at radius 2 is 1.88 bits per heavy atom. The molecule has 0 aromatic heterocycles. The number of ether oxygens (including phenoxy) is 2. The third-order valence-corrected chi connectivity index (χ3v) is 5.50. The Morgan fingerprint density at radius 3 is 2.69 bits per heavy atom. The number of carbonyl (C=O) groups is 1. The van der Waals surface area contributed by atoms with Gasteiger partial charge in [0.1, 0.15) is 12.4 Å². The van der Waals surface area contributed by atoms with Crippen LogP contribution in [0.4, 0.5) is 11.4 Å². The number of morpholine rings is 1. The van der Waals surface area contributed by atoms with Crippen LogP contribution in [0.1, 0.15) is 21.5 Å². The van der Waals surface area contributed by atoms with Gasteiger partial charge >= 0.3 is 0 Å². The van der Waals surface area contributed by atoms with E-state index in [1.807, 2.05) is 36.4 Å². The minimum atomic E-state index is -0.260. The first-order chi connectivity index (χ1) is 15.7. The van der Waals surface area contributed by atoms with Gasteiger partial charge in [0.05, 0.1) is 41.2 Å². The van der Waals surface area contributed by atoms with Crippen LogP contribution >= 0.6 is 11.6 Å². The maximum Gasteiger partial charge on any atom is 0.255 e. The summed E-state index contributed by atoms with van der Waals surface area (Å²) in [6, 6.07) is 21.9. The van der Waals surface area contributed by atoms with Gasteiger partial charge in [-0.25, -0.2) is 0 Å². The molecule has 6 nitrogen and oxygen atoms in total. The number of hydrogen-bond acceptors (Lipinski definition) is 5. The number of para-hydroxylation sites is 1. The number of rotatable bonds is 6. The average Bonchev–Trinajstić information content (AvgIpc) is 2.83. The van der Waals surface area contributed by atoms with E-state index < -0.39 is 0 Å². The molecule has 7 heteroatoms. The van der Waals surface area contributed by atoms with Crippen LogP contribution in [0, 0.1) is 11.3 Å². The second-order valence-corrected chi connectivity index (χ2v) is 7.68. The summed E-state index contributed by atoms with van der Waals surface area (Å²) < 4.78 is 11.3. The summed E-state index contributed by atoms with van der Waals surface area (Å²) in [6.07, 6.45) is 0. The van der Waals surface area contributed by atoms with E-state index in [1.54, 1.807) is 30.3 Å². The highest BCUT2D eigenvalue weighted by Crippen LogP contribution is 2.34. The van der Waals surface area contributed by atoms with Crippen molar-refractivity contribution in [3.05, 3.63) is 88.4 Å². The predicted molar refractivity (Wildman–Crippen MR) is 124 cm³/mol. The number of carbonyl (C=O) groups excluding carboxylic acids is 1. The first-order valence-electron chi connectivity index (χ1n) is 10.3. The van der Waals surface area contributed by atoms with Crippen LogP contribution in [0.3, 0.4) is 0 Å². The van der Waals surface area contributed by atoms with E-state index in [0.29, 0.717) is 53.9 Å². The molecule has 1 aliphatic heterocycles. The molecule has 1 aliphatic rings. The largest absolute Gasteiger partial charge is 0.489 e. The maximum atomic E-state index is 13.0. The normalized spacial score (nSPS) is 13.3. The van der Waals surface area contributed by atoms with E-state index in [2.05, 4.69) is 16.3 Å². The Labute approximate surface area is 191 Å². The molecule has 0 radical (unpaired) electrons. The Balaban J connectivity index is 1.49. The third kappa shape index (κ3) is 5.02. The van der Waals surface area contributed by atoms with Gasteiger partial charge in [-0.15, -0.1) is 0 Å². The number of amides is 1. The van der Waals surface area contributed by atoms with Crippen molar-refractivity contribution < 1.29 is 14.3 Å². The Bertz CT molecular complexity index is 1150. The Morgan fingerprint density at radius 1 is 1.09 bits per heavy atom. The molecule has 1 heterocycles. The summed E-state index contributed by atoms with van der Waals surface area (Å²) in [7, 11) is 0. The number of halogens is 1. The highest BCUT2D eigenvalue weighted by atomic mass is 35.5. The number of hydrogen-bond donors (Lipinski definition) is 1. The van der Waals surface area contributed by atoms with Gasteiger partial charge in [-0.2, -0.15) is 5.26 Å². The van der Waals surface area contributed by atoms with Crippen molar-refractivity contribution in [3.8, 4) is 11.8 Å². The number of nitriles is 1. The Hall–Kier alpha value is -3.53. The number of nitrogens with zero attached hydrogens (tertiary/aromatic N) is 2. The van der Waals surface area contributed by atoms with Crippen LogP contribution < -0.4 is 15.0 Å². The molecule has 1 amide bonds. The zero-order valence-electron chi connectivity index (χ0n) is 17.4. The molecule has 0 unspecified atom stereocenters. The Kier molecular flexibility index (Phi) is 6.90. The van der Waals surface area contributed by atoms with Crippen molar-refractivity contribution >= 4 is 28.9 Å². The van der Waals surface area contributed by atoms with Gasteiger partial charge in [0.2, 0.25) is 0 Å². The molecule has 0 saturated carbocycles. The van der Waals surface area contributed by atoms with Crippen molar-refractivity contribution in [2.45, 2.75) is 6.61 Å².